The molecule has 1 aliphatic heterocycles. The van der Waals surface area contributed by atoms with E-state index in [1.807, 2.05) is 36.1 Å². The van der Waals surface area contributed by atoms with Crippen LogP contribution in [-0.4, -0.2) is 43.0 Å². The predicted octanol–water partition coefficient (Wildman–Crippen LogP) is 4.71. The summed E-state index contributed by atoms with van der Waals surface area (Å²) in [4.78, 5) is 27.1. The molecule has 0 radical (unpaired) electrons. The molecule has 2 amide bonds. The number of hydrogen-bond acceptors (Lipinski definition) is 4. The van der Waals surface area contributed by atoms with Crippen molar-refractivity contribution in [3.8, 4) is 5.75 Å². The summed E-state index contributed by atoms with van der Waals surface area (Å²) in [5.74, 6) is 0.607. The van der Waals surface area contributed by atoms with E-state index in [1.165, 1.54) is 12.8 Å². The van der Waals surface area contributed by atoms with Crippen molar-refractivity contribution < 1.29 is 14.3 Å². The summed E-state index contributed by atoms with van der Waals surface area (Å²) in [6.45, 7) is 7.93. The maximum Gasteiger partial charge on any atom is 0.253 e. The number of benzene rings is 2. The standard InChI is InChI=1S/C25H31N3O3/c1-19(2)18-31-23-12-10-21(11-13-23)26-17-24(29)27-22-9-7-8-20(16-22)25(30)28-14-5-3-4-6-15-28/h7-13,16,26H,1,3-6,14-15,17-18H2,2H3,(H,27,29). The Morgan fingerprint density at radius 2 is 1.71 bits per heavy atom. The third-order valence-corrected chi connectivity index (χ3v) is 5.08. The smallest absolute Gasteiger partial charge is 0.253 e. The number of carbonyl (C=O) groups is 2. The van der Waals surface area contributed by atoms with Gasteiger partial charge in [0, 0.05) is 30.0 Å². The van der Waals surface area contributed by atoms with E-state index in [4.69, 9.17) is 4.74 Å². The Balaban J connectivity index is 1.50. The number of anilines is 2. The minimum Gasteiger partial charge on any atom is -0.489 e. The molecule has 6 heteroatoms. The van der Waals surface area contributed by atoms with Crippen LogP contribution in [-0.2, 0) is 4.79 Å². The number of amides is 2. The van der Waals surface area contributed by atoms with Crippen LogP contribution in [0.25, 0.3) is 0 Å². The molecule has 31 heavy (non-hydrogen) atoms. The lowest BCUT2D eigenvalue weighted by molar-refractivity contribution is -0.114. The monoisotopic (exact) mass is 421 g/mol. The first-order chi connectivity index (χ1) is 15.0. The number of hydrogen-bond donors (Lipinski definition) is 2. The number of likely N-dealkylation sites (tertiary alicyclic amines) is 1. The van der Waals surface area contributed by atoms with Gasteiger partial charge in [-0.2, -0.15) is 0 Å². The van der Waals surface area contributed by atoms with Crippen LogP contribution in [0.2, 0.25) is 0 Å². The van der Waals surface area contributed by atoms with Gasteiger partial charge in [-0.1, -0.05) is 25.5 Å². The second-order valence-electron chi connectivity index (χ2n) is 7.96. The van der Waals surface area contributed by atoms with Crippen molar-refractivity contribution >= 4 is 23.2 Å². The molecule has 2 aromatic rings. The maximum absolute atomic E-state index is 12.8. The van der Waals surface area contributed by atoms with E-state index in [1.54, 1.807) is 24.3 Å². The number of nitrogens with one attached hydrogen (secondary N) is 2. The third-order valence-electron chi connectivity index (χ3n) is 5.08. The highest BCUT2D eigenvalue weighted by Crippen LogP contribution is 2.18. The van der Waals surface area contributed by atoms with Crippen molar-refractivity contribution in [2.24, 2.45) is 0 Å². The summed E-state index contributed by atoms with van der Waals surface area (Å²) in [6.07, 6.45) is 4.46. The molecule has 1 heterocycles. The molecule has 2 N–H and O–H groups in total. The Hall–Kier alpha value is -3.28. The molecule has 2 aromatic carbocycles. The lowest BCUT2D eigenvalue weighted by atomic mass is 10.1. The average Bonchev–Trinajstić information content (AvgIpc) is 3.06. The van der Waals surface area contributed by atoms with Crippen molar-refractivity contribution in [2.75, 3.05) is 36.9 Å². The minimum atomic E-state index is -0.179. The average molecular weight is 422 g/mol. The van der Waals surface area contributed by atoms with Gasteiger partial charge in [-0.3, -0.25) is 9.59 Å². The second-order valence-corrected chi connectivity index (χ2v) is 7.96. The molecular formula is C25H31N3O3. The van der Waals surface area contributed by atoms with Gasteiger partial charge in [-0.05, 0) is 67.8 Å². The largest absolute Gasteiger partial charge is 0.489 e. The van der Waals surface area contributed by atoms with Gasteiger partial charge < -0.3 is 20.3 Å². The lowest BCUT2D eigenvalue weighted by Gasteiger charge is -2.20. The normalized spacial score (nSPS) is 13.8. The SMILES string of the molecule is C=C(C)COc1ccc(NCC(=O)Nc2cccc(C(=O)N3CCCCCC3)c2)cc1. The molecule has 0 saturated carbocycles. The Kier molecular flexibility index (Phi) is 8.10. The van der Waals surface area contributed by atoms with Crippen molar-refractivity contribution in [3.63, 3.8) is 0 Å². The third kappa shape index (κ3) is 7.17. The maximum atomic E-state index is 12.8. The van der Waals surface area contributed by atoms with Gasteiger partial charge in [-0.15, -0.1) is 0 Å². The number of carbonyl (C=O) groups excluding carboxylic acids is 2. The van der Waals surface area contributed by atoms with Gasteiger partial charge in [0.05, 0.1) is 6.54 Å². The summed E-state index contributed by atoms with van der Waals surface area (Å²) in [5.41, 5.74) is 3.01. The van der Waals surface area contributed by atoms with Crippen LogP contribution in [0.5, 0.6) is 5.75 Å². The van der Waals surface area contributed by atoms with Crippen LogP contribution < -0.4 is 15.4 Å². The molecule has 1 fully saturated rings. The molecule has 1 aliphatic rings. The van der Waals surface area contributed by atoms with Crippen LogP contribution in [0, 0.1) is 0 Å². The van der Waals surface area contributed by atoms with Crippen LogP contribution in [0.1, 0.15) is 43.0 Å². The van der Waals surface area contributed by atoms with E-state index < -0.39 is 0 Å². The van der Waals surface area contributed by atoms with Gasteiger partial charge >= 0.3 is 0 Å². The predicted molar refractivity (Wildman–Crippen MR) is 125 cm³/mol. The van der Waals surface area contributed by atoms with Gasteiger partial charge in [0.1, 0.15) is 12.4 Å². The second kappa shape index (κ2) is 11.2. The summed E-state index contributed by atoms with van der Waals surface area (Å²) in [6, 6.07) is 14.6. The van der Waals surface area contributed by atoms with Crippen molar-refractivity contribution in [1.82, 2.24) is 4.90 Å². The van der Waals surface area contributed by atoms with Crippen LogP contribution in [0.15, 0.2) is 60.7 Å². The van der Waals surface area contributed by atoms with Crippen molar-refractivity contribution in [3.05, 3.63) is 66.2 Å². The Morgan fingerprint density at radius 3 is 2.39 bits per heavy atom. The van der Waals surface area contributed by atoms with E-state index in [0.717, 1.165) is 42.9 Å². The summed E-state index contributed by atoms with van der Waals surface area (Å²) in [7, 11) is 0. The van der Waals surface area contributed by atoms with E-state index in [2.05, 4.69) is 17.2 Å². The zero-order valence-corrected chi connectivity index (χ0v) is 18.2. The first-order valence-corrected chi connectivity index (χ1v) is 10.8. The Morgan fingerprint density at radius 1 is 1.00 bits per heavy atom. The fraction of sp³-hybridized carbons (Fsp3) is 0.360. The van der Waals surface area contributed by atoms with E-state index in [0.29, 0.717) is 17.9 Å². The highest BCUT2D eigenvalue weighted by molar-refractivity contribution is 5.98. The molecule has 0 aliphatic carbocycles. The number of ether oxygens (including phenoxy) is 1. The van der Waals surface area contributed by atoms with E-state index in [-0.39, 0.29) is 18.4 Å². The molecule has 0 bridgehead atoms. The van der Waals surface area contributed by atoms with Crippen LogP contribution in [0.3, 0.4) is 0 Å². The van der Waals surface area contributed by atoms with Crippen molar-refractivity contribution in [1.29, 1.82) is 0 Å². The van der Waals surface area contributed by atoms with Crippen molar-refractivity contribution in [2.45, 2.75) is 32.6 Å². The van der Waals surface area contributed by atoms with Gasteiger partial charge in [0.15, 0.2) is 0 Å². The fourth-order valence-corrected chi connectivity index (χ4v) is 3.45. The fourth-order valence-electron chi connectivity index (χ4n) is 3.45. The molecule has 0 spiro atoms. The van der Waals surface area contributed by atoms with Gasteiger partial charge in [0.25, 0.3) is 5.91 Å². The quantitative estimate of drug-likeness (QED) is 0.606. The number of nitrogens with zero attached hydrogens (tertiary/aromatic N) is 1. The first kappa shape index (κ1) is 22.4. The van der Waals surface area contributed by atoms with Crippen LogP contribution >= 0.6 is 0 Å². The van der Waals surface area contributed by atoms with E-state index >= 15 is 0 Å². The summed E-state index contributed by atoms with van der Waals surface area (Å²) >= 11 is 0. The molecule has 1 saturated heterocycles. The molecule has 3 rings (SSSR count). The van der Waals surface area contributed by atoms with E-state index in [9.17, 15) is 9.59 Å². The molecule has 0 atom stereocenters. The summed E-state index contributed by atoms with van der Waals surface area (Å²) in [5, 5.41) is 5.95. The Labute approximate surface area is 184 Å². The molecular weight excluding hydrogens is 390 g/mol. The lowest BCUT2D eigenvalue weighted by Crippen LogP contribution is -2.31. The Bertz CT molecular complexity index is 900. The van der Waals surface area contributed by atoms with Crippen LogP contribution in [0.4, 0.5) is 11.4 Å². The zero-order valence-electron chi connectivity index (χ0n) is 18.2. The zero-order chi connectivity index (χ0) is 22.1. The highest BCUT2D eigenvalue weighted by atomic mass is 16.5. The minimum absolute atomic E-state index is 0.0325. The van der Waals surface area contributed by atoms with Gasteiger partial charge in [-0.25, -0.2) is 0 Å². The summed E-state index contributed by atoms with van der Waals surface area (Å²) < 4.78 is 5.57. The molecule has 0 unspecified atom stereocenters. The molecule has 0 aromatic heterocycles. The topological polar surface area (TPSA) is 70.7 Å². The number of rotatable bonds is 8. The molecule has 6 nitrogen and oxygen atoms in total. The first-order valence-electron chi connectivity index (χ1n) is 10.8. The van der Waals surface area contributed by atoms with Gasteiger partial charge in [0.2, 0.25) is 5.91 Å². The molecule has 164 valence electrons. The highest BCUT2D eigenvalue weighted by Gasteiger charge is 2.17.